The van der Waals surface area contributed by atoms with E-state index in [1.165, 1.54) is 38.5 Å². The average Bonchev–Trinajstić information content (AvgIpc) is 2.83. The van der Waals surface area contributed by atoms with Gasteiger partial charge in [0, 0.05) is 18.5 Å². The molecular weight excluding hydrogens is 458 g/mol. The summed E-state index contributed by atoms with van der Waals surface area (Å²) < 4.78 is 6.01. The van der Waals surface area contributed by atoms with Crippen LogP contribution in [0.1, 0.15) is 99.8 Å². The van der Waals surface area contributed by atoms with E-state index in [2.05, 4.69) is 6.92 Å². The van der Waals surface area contributed by atoms with Crippen molar-refractivity contribution in [3.05, 3.63) is 58.9 Å². The van der Waals surface area contributed by atoms with E-state index in [1.54, 1.807) is 24.3 Å². The molecule has 0 aliphatic carbocycles. The molecule has 1 atom stereocenters. The third kappa shape index (κ3) is 11.7. The number of aliphatic hydroxyl groups excluding tert-OH is 1. The molecule has 7 nitrogen and oxygen atoms in total. The molecule has 1 unspecified atom stereocenters. The maximum Gasteiger partial charge on any atom is 0.307 e. The molecule has 0 aliphatic rings. The van der Waals surface area contributed by atoms with Gasteiger partial charge in [-0.3, -0.25) is 14.6 Å². The molecule has 3 N–H and O–H groups in total. The van der Waals surface area contributed by atoms with E-state index < -0.39 is 18.0 Å². The van der Waals surface area contributed by atoms with Crippen molar-refractivity contribution in [1.82, 2.24) is 4.98 Å². The van der Waals surface area contributed by atoms with Crippen LogP contribution in [0.25, 0.3) is 0 Å². The lowest BCUT2D eigenvalue weighted by atomic mass is 10.0. The Balaban J connectivity index is 1.96. The largest absolute Gasteiger partial charge is 0.492 e. The molecule has 0 amide bonds. The summed E-state index contributed by atoms with van der Waals surface area (Å²) in [5, 5.41) is 28.8. The van der Waals surface area contributed by atoms with E-state index in [1.807, 2.05) is 12.1 Å². The Morgan fingerprint density at radius 2 is 1.64 bits per heavy atom. The van der Waals surface area contributed by atoms with Crippen LogP contribution in [-0.2, 0) is 28.9 Å². The second-order valence-corrected chi connectivity index (χ2v) is 9.35. The first kappa shape index (κ1) is 29.3. The van der Waals surface area contributed by atoms with Gasteiger partial charge in [0.2, 0.25) is 0 Å². The molecule has 0 spiro atoms. The lowest BCUT2D eigenvalue weighted by molar-refractivity contribution is -0.137. The van der Waals surface area contributed by atoms with Crippen molar-refractivity contribution in [3.63, 3.8) is 0 Å². The van der Waals surface area contributed by atoms with E-state index in [0.29, 0.717) is 47.7 Å². The first-order chi connectivity index (χ1) is 17.4. The van der Waals surface area contributed by atoms with Gasteiger partial charge in [0.05, 0.1) is 24.8 Å². The molecular formula is C29H41NO6. The molecule has 1 aromatic carbocycles. The highest BCUT2D eigenvalue weighted by molar-refractivity contribution is 5.70. The number of carboxylic acid groups (broad SMARTS) is 2. The summed E-state index contributed by atoms with van der Waals surface area (Å²) in [5.74, 6) is -1.09. The molecule has 2 aromatic rings. The zero-order chi connectivity index (χ0) is 26.2. The number of unbranched alkanes of at least 4 members (excludes halogenated alkanes) is 7. The molecule has 0 saturated heterocycles. The van der Waals surface area contributed by atoms with Crippen molar-refractivity contribution in [2.45, 2.75) is 96.5 Å². The number of aliphatic hydroxyl groups is 1. The number of aryl methyl sites for hydroxylation is 1. The standard InChI is InChI=1S/C29H41NO6/c1-2-3-4-5-6-7-8-9-18-36-27-17-16-24(30-25(27)14-11-15-28(32)33)21-26(31)23-13-10-12-22(19-23)20-29(34)35/h10,12-13,16-17,19,26,31H,2-9,11,14-15,18,20-21H2,1H3,(H,32,33)(H,34,35). The summed E-state index contributed by atoms with van der Waals surface area (Å²) in [6.07, 6.45) is 10.1. The van der Waals surface area contributed by atoms with Crippen LogP contribution >= 0.6 is 0 Å². The van der Waals surface area contributed by atoms with Gasteiger partial charge in [0.1, 0.15) is 5.75 Å². The Labute approximate surface area is 214 Å². The first-order valence-electron chi connectivity index (χ1n) is 13.2. The number of benzene rings is 1. The maximum atomic E-state index is 11.0. The Morgan fingerprint density at radius 1 is 0.917 bits per heavy atom. The quantitative estimate of drug-likeness (QED) is 0.206. The third-order valence-electron chi connectivity index (χ3n) is 6.14. The number of aliphatic carboxylic acids is 2. The zero-order valence-electron chi connectivity index (χ0n) is 21.5. The van der Waals surface area contributed by atoms with Crippen molar-refractivity contribution in [2.75, 3.05) is 6.61 Å². The van der Waals surface area contributed by atoms with E-state index in [9.17, 15) is 14.7 Å². The van der Waals surface area contributed by atoms with Gasteiger partial charge >= 0.3 is 11.9 Å². The van der Waals surface area contributed by atoms with Gasteiger partial charge in [-0.15, -0.1) is 0 Å². The summed E-state index contributed by atoms with van der Waals surface area (Å²) in [6, 6.07) is 10.6. The lowest BCUT2D eigenvalue weighted by Crippen LogP contribution is -2.08. The molecule has 0 radical (unpaired) electrons. The molecule has 36 heavy (non-hydrogen) atoms. The van der Waals surface area contributed by atoms with E-state index in [0.717, 1.165) is 12.8 Å². The van der Waals surface area contributed by atoms with Crippen LogP contribution in [0, 0.1) is 0 Å². The number of nitrogens with zero attached hydrogens (tertiary/aromatic N) is 1. The van der Waals surface area contributed by atoms with Gasteiger partial charge < -0.3 is 20.1 Å². The van der Waals surface area contributed by atoms with E-state index in [4.69, 9.17) is 19.9 Å². The highest BCUT2D eigenvalue weighted by Crippen LogP contribution is 2.24. The molecule has 7 heteroatoms. The number of ether oxygens (including phenoxy) is 1. The number of rotatable bonds is 19. The second-order valence-electron chi connectivity index (χ2n) is 9.35. The molecule has 0 aliphatic heterocycles. The summed E-state index contributed by atoms with van der Waals surface area (Å²) in [5.41, 5.74) is 2.65. The van der Waals surface area contributed by atoms with Crippen LogP contribution in [0.3, 0.4) is 0 Å². The molecule has 1 heterocycles. The van der Waals surface area contributed by atoms with Crippen LogP contribution in [0.4, 0.5) is 0 Å². The van der Waals surface area contributed by atoms with Crippen molar-refractivity contribution >= 4 is 11.9 Å². The van der Waals surface area contributed by atoms with Gasteiger partial charge in [-0.05, 0) is 42.5 Å². The highest BCUT2D eigenvalue weighted by atomic mass is 16.5. The Kier molecular flexibility index (Phi) is 13.6. The first-order valence-corrected chi connectivity index (χ1v) is 13.2. The lowest BCUT2D eigenvalue weighted by Gasteiger charge is -2.15. The predicted molar refractivity (Wildman–Crippen MR) is 139 cm³/mol. The maximum absolute atomic E-state index is 11.0. The average molecular weight is 500 g/mol. The monoisotopic (exact) mass is 499 g/mol. The van der Waals surface area contributed by atoms with Crippen molar-refractivity contribution < 1.29 is 29.6 Å². The summed E-state index contributed by atoms with van der Waals surface area (Å²) >= 11 is 0. The summed E-state index contributed by atoms with van der Waals surface area (Å²) in [7, 11) is 0. The molecule has 2 rings (SSSR count). The fourth-order valence-electron chi connectivity index (χ4n) is 4.18. The fourth-order valence-corrected chi connectivity index (χ4v) is 4.18. The SMILES string of the molecule is CCCCCCCCCCOc1ccc(CC(O)c2cccc(CC(=O)O)c2)nc1CCCC(=O)O. The van der Waals surface area contributed by atoms with Gasteiger partial charge in [-0.25, -0.2) is 0 Å². The van der Waals surface area contributed by atoms with Crippen LogP contribution < -0.4 is 4.74 Å². The molecule has 0 bridgehead atoms. The number of pyridine rings is 1. The number of hydrogen-bond donors (Lipinski definition) is 3. The molecule has 0 fully saturated rings. The van der Waals surface area contributed by atoms with Crippen LogP contribution in [0.15, 0.2) is 36.4 Å². The fraction of sp³-hybridized carbons (Fsp3) is 0.552. The Hall–Kier alpha value is -2.93. The van der Waals surface area contributed by atoms with E-state index in [-0.39, 0.29) is 19.3 Å². The molecule has 198 valence electrons. The topological polar surface area (TPSA) is 117 Å². The van der Waals surface area contributed by atoms with Gasteiger partial charge in [-0.1, -0.05) is 76.1 Å². The normalized spacial score (nSPS) is 11.8. The van der Waals surface area contributed by atoms with Gasteiger partial charge in [0.15, 0.2) is 0 Å². The number of carboxylic acids is 2. The van der Waals surface area contributed by atoms with Crippen molar-refractivity contribution in [3.8, 4) is 5.75 Å². The number of carbonyl (C=O) groups is 2. The Bertz CT molecular complexity index is 945. The molecule has 0 saturated carbocycles. The van der Waals surface area contributed by atoms with E-state index >= 15 is 0 Å². The zero-order valence-corrected chi connectivity index (χ0v) is 21.5. The van der Waals surface area contributed by atoms with Gasteiger partial charge in [0.25, 0.3) is 0 Å². The number of hydrogen-bond acceptors (Lipinski definition) is 5. The van der Waals surface area contributed by atoms with Crippen LogP contribution in [0.5, 0.6) is 5.75 Å². The third-order valence-corrected chi connectivity index (χ3v) is 6.14. The minimum atomic E-state index is -0.920. The number of aromatic nitrogens is 1. The minimum Gasteiger partial charge on any atom is -0.492 e. The molecule has 1 aromatic heterocycles. The summed E-state index contributed by atoms with van der Waals surface area (Å²) in [6.45, 7) is 2.82. The van der Waals surface area contributed by atoms with Crippen LogP contribution in [-0.4, -0.2) is 38.8 Å². The van der Waals surface area contributed by atoms with Crippen LogP contribution in [0.2, 0.25) is 0 Å². The minimum absolute atomic E-state index is 0.0579. The second kappa shape index (κ2) is 16.7. The van der Waals surface area contributed by atoms with Crippen molar-refractivity contribution in [2.24, 2.45) is 0 Å². The smallest absolute Gasteiger partial charge is 0.307 e. The van der Waals surface area contributed by atoms with Crippen molar-refractivity contribution in [1.29, 1.82) is 0 Å². The van der Waals surface area contributed by atoms with Gasteiger partial charge in [-0.2, -0.15) is 0 Å². The Morgan fingerprint density at radius 3 is 2.33 bits per heavy atom. The summed E-state index contributed by atoms with van der Waals surface area (Å²) in [4.78, 5) is 26.7. The predicted octanol–water partition coefficient (Wildman–Crippen LogP) is 5.91. The highest BCUT2D eigenvalue weighted by Gasteiger charge is 2.14.